The molecule has 1 fully saturated rings. The summed E-state index contributed by atoms with van der Waals surface area (Å²) in [6.07, 6.45) is 2.12. The van der Waals surface area contributed by atoms with Crippen LogP contribution in [0.2, 0.25) is 0 Å². The molecule has 0 saturated heterocycles. The molecule has 0 N–H and O–H groups in total. The van der Waals surface area contributed by atoms with Gasteiger partial charge in [-0.25, -0.2) is 0 Å². The SMILES string of the molecule is CCC(C)(C)C1CC1(Cl)Cl. The van der Waals surface area contributed by atoms with Gasteiger partial charge >= 0.3 is 0 Å². The fraction of sp³-hybridized carbons (Fsp3) is 1.00. The van der Waals surface area contributed by atoms with Crippen molar-refractivity contribution in [3.05, 3.63) is 0 Å². The fourth-order valence-electron chi connectivity index (χ4n) is 1.31. The lowest BCUT2D eigenvalue weighted by Gasteiger charge is -2.22. The third kappa shape index (κ3) is 1.43. The average molecular weight is 181 g/mol. The van der Waals surface area contributed by atoms with Crippen molar-refractivity contribution in [2.75, 3.05) is 0 Å². The van der Waals surface area contributed by atoms with Crippen molar-refractivity contribution in [1.29, 1.82) is 0 Å². The predicted molar refractivity (Wildman–Crippen MR) is 46.6 cm³/mol. The van der Waals surface area contributed by atoms with Crippen molar-refractivity contribution in [3.8, 4) is 0 Å². The maximum atomic E-state index is 5.94. The molecule has 0 aromatic rings. The van der Waals surface area contributed by atoms with Crippen LogP contribution in [0.15, 0.2) is 0 Å². The average Bonchev–Trinajstić information content (AvgIpc) is 2.41. The maximum absolute atomic E-state index is 5.94. The van der Waals surface area contributed by atoms with E-state index in [4.69, 9.17) is 23.2 Å². The van der Waals surface area contributed by atoms with Crippen LogP contribution in [0.4, 0.5) is 0 Å². The van der Waals surface area contributed by atoms with Crippen molar-refractivity contribution < 1.29 is 0 Å². The van der Waals surface area contributed by atoms with E-state index in [2.05, 4.69) is 20.8 Å². The van der Waals surface area contributed by atoms with Crippen LogP contribution in [0, 0.1) is 11.3 Å². The quantitative estimate of drug-likeness (QED) is 0.570. The van der Waals surface area contributed by atoms with Crippen LogP contribution < -0.4 is 0 Å². The summed E-state index contributed by atoms with van der Waals surface area (Å²) in [5, 5.41) is 0. The minimum atomic E-state index is -0.403. The zero-order valence-corrected chi connectivity index (χ0v) is 8.26. The number of hydrogen-bond donors (Lipinski definition) is 0. The molecule has 0 amide bonds. The molecular weight excluding hydrogens is 167 g/mol. The molecule has 2 heteroatoms. The Hall–Kier alpha value is 0.580. The van der Waals surface area contributed by atoms with E-state index in [1.165, 1.54) is 0 Å². The van der Waals surface area contributed by atoms with Crippen LogP contribution in [0.5, 0.6) is 0 Å². The Morgan fingerprint density at radius 1 is 1.50 bits per heavy atom. The Labute approximate surface area is 72.9 Å². The summed E-state index contributed by atoms with van der Waals surface area (Å²) in [5.74, 6) is 0.508. The van der Waals surface area contributed by atoms with E-state index in [1.807, 2.05) is 0 Å². The van der Waals surface area contributed by atoms with Gasteiger partial charge in [-0.05, 0) is 17.8 Å². The highest BCUT2D eigenvalue weighted by Gasteiger charge is 2.57. The smallest absolute Gasteiger partial charge is 0.101 e. The number of hydrogen-bond acceptors (Lipinski definition) is 0. The Morgan fingerprint density at radius 2 is 1.90 bits per heavy atom. The maximum Gasteiger partial charge on any atom is 0.122 e. The molecule has 0 aromatic carbocycles. The van der Waals surface area contributed by atoms with Gasteiger partial charge in [0.25, 0.3) is 0 Å². The summed E-state index contributed by atoms with van der Waals surface area (Å²) >= 11 is 11.9. The van der Waals surface area contributed by atoms with Crippen molar-refractivity contribution in [1.82, 2.24) is 0 Å². The van der Waals surface area contributed by atoms with Gasteiger partial charge in [0.2, 0.25) is 0 Å². The second kappa shape index (κ2) is 2.28. The van der Waals surface area contributed by atoms with Gasteiger partial charge in [-0.3, -0.25) is 0 Å². The van der Waals surface area contributed by atoms with Crippen molar-refractivity contribution >= 4 is 23.2 Å². The Balaban J connectivity index is 2.54. The standard InChI is InChI=1S/C8H14Cl2/c1-4-7(2,3)6-5-8(6,9)10/h6H,4-5H2,1-3H3. The highest BCUT2D eigenvalue weighted by molar-refractivity contribution is 6.50. The second-order valence-corrected chi connectivity index (χ2v) is 5.40. The Morgan fingerprint density at radius 3 is 2.00 bits per heavy atom. The summed E-state index contributed by atoms with van der Waals surface area (Å²) in [4.78, 5) is 0. The first-order valence-corrected chi connectivity index (χ1v) is 4.53. The minimum Gasteiger partial charge on any atom is -0.101 e. The van der Waals surface area contributed by atoms with E-state index >= 15 is 0 Å². The van der Waals surface area contributed by atoms with Gasteiger partial charge in [-0.15, -0.1) is 23.2 Å². The molecular formula is C8H14Cl2. The monoisotopic (exact) mass is 180 g/mol. The molecule has 0 radical (unpaired) electrons. The first kappa shape index (κ1) is 8.67. The van der Waals surface area contributed by atoms with Crippen molar-refractivity contribution in [2.24, 2.45) is 11.3 Å². The second-order valence-electron chi connectivity index (χ2n) is 3.86. The number of rotatable bonds is 2. The zero-order valence-electron chi connectivity index (χ0n) is 6.75. The molecule has 0 bridgehead atoms. The fourth-order valence-corrected chi connectivity index (χ4v) is 2.21. The molecule has 60 valence electrons. The molecule has 0 spiro atoms. The van der Waals surface area contributed by atoms with Gasteiger partial charge in [0.05, 0.1) is 0 Å². The molecule has 1 atom stereocenters. The summed E-state index contributed by atoms with van der Waals surface area (Å²) in [6.45, 7) is 6.64. The normalized spacial score (nSPS) is 30.3. The van der Waals surface area contributed by atoms with E-state index in [0.717, 1.165) is 12.8 Å². The number of alkyl halides is 2. The third-order valence-electron chi connectivity index (χ3n) is 2.68. The van der Waals surface area contributed by atoms with Gasteiger partial charge in [0, 0.05) is 0 Å². The molecule has 1 aliphatic rings. The minimum absolute atomic E-state index is 0.323. The van der Waals surface area contributed by atoms with E-state index in [0.29, 0.717) is 11.3 Å². The summed E-state index contributed by atoms with van der Waals surface area (Å²) < 4.78 is -0.403. The topological polar surface area (TPSA) is 0 Å². The van der Waals surface area contributed by atoms with Crippen LogP contribution >= 0.6 is 23.2 Å². The molecule has 1 saturated carbocycles. The highest BCUT2D eigenvalue weighted by atomic mass is 35.5. The van der Waals surface area contributed by atoms with Gasteiger partial charge in [-0.2, -0.15) is 0 Å². The zero-order chi connectivity index (χ0) is 7.99. The van der Waals surface area contributed by atoms with Gasteiger partial charge in [0.15, 0.2) is 0 Å². The molecule has 10 heavy (non-hydrogen) atoms. The van der Waals surface area contributed by atoms with Crippen LogP contribution in [0.3, 0.4) is 0 Å². The predicted octanol–water partition coefficient (Wildman–Crippen LogP) is 3.62. The molecule has 0 aliphatic heterocycles. The van der Waals surface area contributed by atoms with Gasteiger partial charge in [-0.1, -0.05) is 27.2 Å². The van der Waals surface area contributed by atoms with Gasteiger partial charge < -0.3 is 0 Å². The van der Waals surface area contributed by atoms with Crippen LogP contribution in [-0.2, 0) is 0 Å². The van der Waals surface area contributed by atoms with Crippen molar-refractivity contribution in [2.45, 2.75) is 37.9 Å². The molecule has 0 aromatic heterocycles. The van der Waals surface area contributed by atoms with Crippen LogP contribution in [0.25, 0.3) is 0 Å². The molecule has 1 rings (SSSR count). The molecule has 1 unspecified atom stereocenters. The first-order valence-electron chi connectivity index (χ1n) is 3.78. The highest BCUT2D eigenvalue weighted by Crippen LogP contribution is 2.61. The van der Waals surface area contributed by atoms with E-state index in [1.54, 1.807) is 0 Å². The lowest BCUT2D eigenvalue weighted by molar-refractivity contribution is 0.295. The largest absolute Gasteiger partial charge is 0.122 e. The van der Waals surface area contributed by atoms with E-state index < -0.39 is 4.33 Å². The first-order chi connectivity index (χ1) is 4.40. The molecule has 0 heterocycles. The summed E-state index contributed by atoms with van der Waals surface area (Å²) in [5.41, 5.74) is 0.323. The van der Waals surface area contributed by atoms with Crippen LogP contribution in [-0.4, -0.2) is 4.33 Å². The molecule has 1 aliphatic carbocycles. The third-order valence-corrected chi connectivity index (χ3v) is 3.52. The van der Waals surface area contributed by atoms with Crippen molar-refractivity contribution in [3.63, 3.8) is 0 Å². The summed E-state index contributed by atoms with van der Waals surface area (Å²) in [6, 6.07) is 0. The lowest BCUT2D eigenvalue weighted by atomic mass is 9.85. The van der Waals surface area contributed by atoms with E-state index in [-0.39, 0.29) is 0 Å². The Bertz CT molecular complexity index is 138. The Kier molecular flexibility index (Phi) is 1.98. The van der Waals surface area contributed by atoms with Crippen LogP contribution in [0.1, 0.15) is 33.6 Å². The van der Waals surface area contributed by atoms with E-state index in [9.17, 15) is 0 Å². The number of halogens is 2. The molecule has 0 nitrogen and oxygen atoms in total. The summed E-state index contributed by atoms with van der Waals surface area (Å²) in [7, 11) is 0. The van der Waals surface area contributed by atoms with Gasteiger partial charge in [0.1, 0.15) is 4.33 Å². The lowest BCUT2D eigenvalue weighted by Crippen LogP contribution is -2.16.